The number of carbonyl (C=O) groups is 2. The normalized spacial score (nSPS) is 11.9. The van der Waals surface area contributed by atoms with Gasteiger partial charge in [0.05, 0.1) is 0 Å². The van der Waals surface area contributed by atoms with Crippen LogP contribution in [0, 0.1) is 6.92 Å². The number of benzene rings is 3. The number of unbranched alkanes of at least 4 members (excludes halogenated alkanes) is 1. The molecular weight excluding hydrogens is 753 g/mol. The summed E-state index contributed by atoms with van der Waals surface area (Å²) in [6.07, 6.45) is 10.4. The molecule has 0 aliphatic carbocycles. The molecule has 0 aromatic heterocycles. The summed E-state index contributed by atoms with van der Waals surface area (Å²) in [6, 6.07) is 25.7. The summed E-state index contributed by atoms with van der Waals surface area (Å²) in [5.74, 6) is 0.959. The van der Waals surface area contributed by atoms with Gasteiger partial charge in [-0.2, -0.15) is 0 Å². The summed E-state index contributed by atoms with van der Waals surface area (Å²) < 4.78 is 5.79. The number of allylic oxidation sites excluding steroid dienone is 2. The van der Waals surface area contributed by atoms with Crippen LogP contribution in [0.25, 0.3) is 0 Å². The van der Waals surface area contributed by atoms with E-state index in [0.717, 1.165) is 73.5 Å². The van der Waals surface area contributed by atoms with Crippen LogP contribution in [-0.4, -0.2) is 58.0 Å². The third kappa shape index (κ3) is 19.2. The van der Waals surface area contributed by atoms with Crippen molar-refractivity contribution in [3.63, 3.8) is 0 Å². The molecule has 0 spiro atoms. The van der Waals surface area contributed by atoms with E-state index in [1.807, 2.05) is 36.4 Å². The zero-order chi connectivity index (χ0) is 38.8. The summed E-state index contributed by atoms with van der Waals surface area (Å²) >= 11 is -2.07. The van der Waals surface area contributed by atoms with Gasteiger partial charge in [0.25, 0.3) is 0 Å². The Kier molecular flexibility index (Phi) is 24.0. The van der Waals surface area contributed by atoms with Crippen LogP contribution in [0.4, 0.5) is 11.4 Å². The number of ether oxygens (including phenoxy) is 1. The van der Waals surface area contributed by atoms with E-state index in [9.17, 15) is 9.59 Å². The molecule has 3 aromatic carbocycles. The summed E-state index contributed by atoms with van der Waals surface area (Å²) in [7, 11) is 3.25. The number of methoxy groups -OCH3 is 1. The second-order valence-electron chi connectivity index (χ2n) is 13.7. The van der Waals surface area contributed by atoms with Crippen molar-refractivity contribution in [3.8, 4) is 0 Å². The molecule has 0 fully saturated rings. The maximum absolute atomic E-state index is 12.9. The van der Waals surface area contributed by atoms with Gasteiger partial charge in [0.2, 0.25) is 6.41 Å². The van der Waals surface area contributed by atoms with E-state index in [-0.39, 0.29) is 11.9 Å². The predicted molar refractivity (Wildman–Crippen MR) is 226 cm³/mol. The van der Waals surface area contributed by atoms with Crippen LogP contribution in [0.1, 0.15) is 82.5 Å². The van der Waals surface area contributed by atoms with Crippen molar-refractivity contribution in [2.45, 2.75) is 94.0 Å². The predicted octanol–water partition coefficient (Wildman–Crippen LogP) is 8.80. The molecule has 0 saturated heterocycles. The van der Waals surface area contributed by atoms with E-state index in [4.69, 9.17) is 0 Å². The molecule has 0 heterocycles. The standard InChI is InChI=1S/C33H41N4O.C5H11NO.C2H6O.3CH3.Sn/c1-5-13-29(35-30(7-3)27-16-9-8-10-17-27)24-34-33(38)23-26-19-21-28(22-20-26)36-32(14-6-2)37-31-18-12-11-15-25(31)4;1-2-3-4-6-5-7;1-3-2;;;;/h9-22,30,35-37H,5-7,23-24H2,1-4H3,(H,34,38);5H,2-4H2,1H3,(H,6,7);1-2H3;3*1H3;/b29-13+,32-14-;;;;;;. The molecule has 52 heavy (non-hydrogen) atoms. The number of carbonyl (C=O) groups excluding carboxylic acids is 2. The van der Waals surface area contributed by atoms with Gasteiger partial charge >= 0.3 is 151 Å². The number of aryl methyl sites for hydroxylation is 1. The van der Waals surface area contributed by atoms with Crippen molar-refractivity contribution in [3.05, 3.63) is 113 Å². The molecular formula is C43H67N5O3Sn. The molecule has 2 amide bonds. The first kappa shape index (κ1) is 46.3. The van der Waals surface area contributed by atoms with Crippen LogP contribution in [0.2, 0.25) is 14.8 Å². The summed E-state index contributed by atoms with van der Waals surface area (Å²) in [6.45, 7) is 12.0. The Morgan fingerprint density at radius 3 is 2.02 bits per heavy atom. The SMILES string of the molecule is CC/C=C(/Nc1ccc(CC(=O)NC/C(=C\CC)NC(CC)c2cc[c]([Sn]([CH3])([CH3])[CH3])cc2)cc1)Nc1ccccc1C.CCCCNC=O.COC. The van der Waals surface area contributed by atoms with Gasteiger partial charge in [-0.3, -0.25) is 4.79 Å². The van der Waals surface area contributed by atoms with Crippen molar-refractivity contribution >= 4 is 45.6 Å². The molecule has 0 aliphatic rings. The number of amides is 2. The molecule has 0 saturated carbocycles. The molecule has 5 N–H and O–H groups in total. The van der Waals surface area contributed by atoms with Gasteiger partial charge in [0.1, 0.15) is 5.82 Å². The largest absolute Gasteiger partial charge is 0.388 e. The summed E-state index contributed by atoms with van der Waals surface area (Å²) in [5, 5.41) is 16.4. The number of anilines is 2. The second kappa shape index (κ2) is 26.9. The minimum absolute atomic E-state index is 0.0161. The van der Waals surface area contributed by atoms with Gasteiger partial charge in [-0.15, -0.1) is 0 Å². The zero-order valence-electron chi connectivity index (χ0n) is 33.6. The van der Waals surface area contributed by atoms with Crippen LogP contribution in [-0.2, 0) is 20.7 Å². The van der Waals surface area contributed by atoms with E-state index in [2.05, 4.69) is 129 Å². The Labute approximate surface area is 319 Å². The van der Waals surface area contributed by atoms with E-state index >= 15 is 0 Å². The van der Waals surface area contributed by atoms with Crippen molar-refractivity contribution < 1.29 is 14.3 Å². The maximum atomic E-state index is 12.9. The second-order valence-corrected chi connectivity index (χ2v) is 28.2. The number of nitrogens with one attached hydrogen (secondary N) is 5. The first-order valence-corrected chi connectivity index (χ1v) is 28.7. The maximum Gasteiger partial charge on any atom is 0.207 e. The molecule has 8 nitrogen and oxygen atoms in total. The van der Waals surface area contributed by atoms with Crippen molar-refractivity contribution in [2.75, 3.05) is 37.9 Å². The summed E-state index contributed by atoms with van der Waals surface area (Å²) in [5.41, 5.74) is 6.59. The van der Waals surface area contributed by atoms with Gasteiger partial charge in [-0.05, 0) is 49.6 Å². The number of rotatable bonds is 19. The average Bonchev–Trinajstić information content (AvgIpc) is 3.12. The Morgan fingerprint density at radius 1 is 0.846 bits per heavy atom. The third-order valence-corrected chi connectivity index (χ3v) is 13.9. The van der Waals surface area contributed by atoms with E-state index < -0.39 is 18.4 Å². The van der Waals surface area contributed by atoms with E-state index in [1.165, 1.54) is 11.1 Å². The van der Waals surface area contributed by atoms with Crippen molar-refractivity contribution in [1.82, 2.24) is 16.0 Å². The zero-order valence-corrected chi connectivity index (χ0v) is 36.5. The summed E-state index contributed by atoms with van der Waals surface area (Å²) in [4.78, 5) is 29.8. The Bertz CT molecular complexity index is 1480. The minimum Gasteiger partial charge on any atom is -0.388 e. The topological polar surface area (TPSA) is 104 Å². The Morgan fingerprint density at radius 2 is 1.48 bits per heavy atom. The first-order chi connectivity index (χ1) is 24.9. The van der Waals surface area contributed by atoms with Crippen molar-refractivity contribution in [1.29, 1.82) is 0 Å². The van der Waals surface area contributed by atoms with Crippen LogP contribution < -0.4 is 30.2 Å². The van der Waals surface area contributed by atoms with Crippen LogP contribution in [0.15, 0.2) is 96.5 Å². The minimum atomic E-state index is -2.07. The first-order valence-electron chi connectivity index (χ1n) is 18.7. The van der Waals surface area contributed by atoms with Gasteiger partial charge in [0.15, 0.2) is 0 Å². The molecule has 1 unspecified atom stereocenters. The molecule has 0 radical (unpaired) electrons. The molecule has 3 aromatic rings. The number of hydrogen-bond acceptors (Lipinski definition) is 6. The van der Waals surface area contributed by atoms with Crippen LogP contribution >= 0.6 is 0 Å². The Balaban J connectivity index is 0.00000119. The molecule has 9 heteroatoms. The Hall–Kier alpha value is -3.76. The van der Waals surface area contributed by atoms with Gasteiger partial charge in [0, 0.05) is 32.1 Å². The number of hydrogen-bond donors (Lipinski definition) is 5. The van der Waals surface area contributed by atoms with Gasteiger partial charge < -0.3 is 20.7 Å². The quantitative estimate of drug-likeness (QED) is 0.0471. The smallest absolute Gasteiger partial charge is 0.207 e. The average molecular weight is 821 g/mol. The fourth-order valence-corrected chi connectivity index (χ4v) is 8.46. The van der Waals surface area contributed by atoms with E-state index in [0.29, 0.717) is 13.0 Å². The van der Waals surface area contributed by atoms with E-state index in [1.54, 1.807) is 17.8 Å². The molecule has 286 valence electrons. The van der Waals surface area contributed by atoms with Crippen LogP contribution in [0.5, 0.6) is 0 Å². The van der Waals surface area contributed by atoms with Gasteiger partial charge in [-0.1, -0.05) is 50.6 Å². The molecule has 1 atom stereocenters. The molecule has 0 bridgehead atoms. The van der Waals surface area contributed by atoms with Crippen LogP contribution in [0.3, 0.4) is 0 Å². The fraction of sp³-hybridized carbons (Fsp3) is 0.442. The molecule has 3 rings (SSSR count). The van der Waals surface area contributed by atoms with Crippen molar-refractivity contribution in [2.24, 2.45) is 0 Å². The monoisotopic (exact) mass is 821 g/mol. The molecule has 0 aliphatic heterocycles. The third-order valence-electron chi connectivity index (χ3n) is 8.05. The number of para-hydroxylation sites is 1. The fourth-order valence-electron chi connectivity index (χ4n) is 5.13. The van der Waals surface area contributed by atoms with Gasteiger partial charge in [-0.25, -0.2) is 0 Å².